The van der Waals surface area contributed by atoms with Crippen molar-refractivity contribution < 1.29 is 4.79 Å². The number of hydrogen-bond donors (Lipinski definition) is 2. The fourth-order valence-corrected chi connectivity index (χ4v) is 4.76. The highest BCUT2D eigenvalue weighted by Gasteiger charge is 2.37. The maximum atomic E-state index is 13.2. The van der Waals surface area contributed by atoms with Crippen LogP contribution in [0.2, 0.25) is 0 Å². The van der Waals surface area contributed by atoms with Crippen molar-refractivity contribution in [3.05, 3.63) is 69.5 Å². The van der Waals surface area contributed by atoms with Crippen LogP contribution in [0.15, 0.2) is 52.1 Å². The van der Waals surface area contributed by atoms with Crippen LogP contribution in [-0.4, -0.2) is 26.0 Å². The lowest BCUT2D eigenvalue weighted by Gasteiger charge is -2.33. The fourth-order valence-electron chi connectivity index (χ4n) is 3.16. The number of amides is 1. The third kappa shape index (κ3) is 3.66. The summed E-state index contributed by atoms with van der Waals surface area (Å²) in [5, 5.41) is 11.7. The number of benzene rings is 2. The summed E-state index contributed by atoms with van der Waals surface area (Å²) in [4.78, 5) is 13.2. The molecule has 6 nitrogen and oxygen atoms in total. The maximum absolute atomic E-state index is 13.2. The molecular weight excluding hydrogens is 438 g/mol. The summed E-state index contributed by atoms with van der Waals surface area (Å²) in [5.41, 5.74) is 7.46. The molecule has 0 spiro atoms. The minimum Gasteiger partial charge on any atom is -0.325 e. The molecule has 8 heteroatoms. The summed E-state index contributed by atoms with van der Waals surface area (Å²) >= 11 is 4.89. The third-order valence-electron chi connectivity index (χ3n) is 4.74. The van der Waals surface area contributed by atoms with Gasteiger partial charge in [-0.05, 0) is 50.1 Å². The number of nitrogens with zero attached hydrogens (tertiary/aromatic N) is 3. The van der Waals surface area contributed by atoms with Gasteiger partial charge in [0.1, 0.15) is 11.1 Å². The normalized spacial score (nSPS) is 18.3. The van der Waals surface area contributed by atoms with Gasteiger partial charge >= 0.3 is 0 Å². The maximum Gasteiger partial charge on any atom is 0.240 e. The standard InChI is InChI=1S/C20H20BrN5OS/c1-11-4-6-14(7-5-11)17-18(28-20-24-23-13(3)26(20)25-17)19(27)22-16-9-8-15(21)10-12(16)2/h4-10,17-18,25H,1-3H3,(H,22,27)/t17-,18+/m0/s1. The molecule has 2 atom stereocenters. The number of fused-ring (bicyclic) bond motifs is 1. The Labute approximate surface area is 176 Å². The highest BCUT2D eigenvalue weighted by Crippen LogP contribution is 2.37. The van der Waals surface area contributed by atoms with Gasteiger partial charge in [0.25, 0.3) is 0 Å². The third-order valence-corrected chi connectivity index (χ3v) is 6.45. The number of aryl methyl sites for hydroxylation is 3. The highest BCUT2D eigenvalue weighted by molar-refractivity contribution is 9.10. The molecular formula is C20H20BrN5OS. The first kappa shape index (κ1) is 19.0. The molecule has 1 aliphatic heterocycles. The molecule has 0 aliphatic carbocycles. The average Bonchev–Trinajstić information content (AvgIpc) is 3.04. The molecule has 0 unspecified atom stereocenters. The SMILES string of the molecule is Cc1ccc([C@@H]2Nn3c(C)nnc3S[C@H]2C(=O)Nc2ccc(Br)cc2C)cc1. The molecule has 1 amide bonds. The van der Waals surface area contributed by atoms with Crippen molar-refractivity contribution in [2.24, 2.45) is 0 Å². The molecule has 28 heavy (non-hydrogen) atoms. The first-order valence-electron chi connectivity index (χ1n) is 8.91. The van der Waals surface area contributed by atoms with Gasteiger partial charge in [-0.1, -0.05) is 57.5 Å². The number of nitrogens with one attached hydrogen (secondary N) is 2. The molecule has 144 valence electrons. The van der Waals surface area contributed by atoms with E-state index in [1.54, 1.807) is 0 Å². The van der Waals surface area contributed by atoms with Gasteiger partial charge in [0.2, 0.25) is 11.1 Å². The highest BCUT2D eigenvalue weighted by atomic mass is 79.9. The van der Waals surface area contributed by atoms with Crippen molar-refractivity contribution >= 4 is 39.3 Å². The van der Waals surface area contributed by atoms with Crippen LogP contribution in [0, 0.1) is 20.8 Å². The number of rotatable bonds is 3. The monoisotopic (exact) mass is 457 g/mol. The van der Waals surface area contributed by atoms with E-state index in [4.69, 9.17) is 0 Å². The van der Waals surface area contributed by atoms with Crippen LogP contribution in [0.4, 0.5) is 5.69 Å². The average molecular weight is 458 g/mol. The Morgan fingerprint density at radius 2 is 1.89 bits per heavy atom. The Kier molecular flexibility index (Phi) is 5.16. The zero-order valence-corrected chi connectivity index (χ0v) is 18.1. The number of carbonyl (C=O) groups excluding carboxylic acids is 1. The van der Waals surface area contributed by atoms with Crippen molar-refractivity contribution in [2.75, 3.05) is 10.7 Å². The molecule has 0 saturated heterocycles. The van der Waals surface area contributed by atoms with Crippen LogP contribution in [0.5, 0.6) is 0 Å². The first-order chi connectivity index (χ1) is 13.4. The summed E-state index contributed by atoms with van der Waals surface area (Å²) in [6.07, 6.45) is 0. The topological polar surface area (TPSA) is 71.8 Å². The number of halogens is 1. The zero-order chi connectivity index (χ0) is 19.8. The minimum absolute atomic E-state index is 0.0691. The minimum atomic E-state index is -0.387. The molecule has 1 aromatic heterocycles. The van der Waals surface area contributed by atoms with Gasteiger partial charge in [-0.15, -0.1) is 10.2 Å². The van der Waals surface area contributed by atoms with E-state index in [-0.39, 0.29) is 17.2 Å². The van der Waals surface area contributed by atoms with E-state index in [0.29, 0.717) is 5.16 Å². The number of thioether (sulfide) groups is 1. The van der Waals surface area contributed by atoms with Crippen LogP contribution in [-0.2, 0) is 4.79 Å². The van der Waals surface area contributed by atoms with Crippen LogP contribution >= 0.6 is 27.7 Å². The van der Waals surface area contributed by atoms with Gasteiger partial charge < -0.3 is 10.7 Å². The molecule has 3 aromatic rings. The summed E-state index contributed by atoms with van der Waals surface area (Å²) in [5.74, 6) is 0.697. The van der Waals surface area contributed by atoms with Crippen molar-refractivity contribution in [3.63, 3.8) is 0 Å². The molecule has 2 N–H and O–H groups in total. The van der Waals surface area contributed by atoms with E-state index in [1.165, 1.54) is 17.3 Å². The molecule has 0 saturated carbocycles. The van der Waals surface area contributed by atoms with Crippen molar-refractivity contribution in [1.82, 2.24) is 14.9 Å². The van der Waals surface area contributed by atoms with Crippen molar-refractivity contribution in [1.29, 1.82) is 0 Å². The summed E-state index contributed by atoms with van der Waals surface area (Å²) < 4.78 is 2.84. The molecule has 0 fully saturated rings. The molecule has 0 radical (unpaired) electrons. The lowest BCUT2D eigenvalue weighted by Crippen LogP contribution is -2.41. The van der Waals surface area contributed by atoms with E-state index in [0.717, 1.165) is 27.1 Å². The van der Waals surface area contributed by atoms with Crippen molar-refractivity contribution in [2.45, 2.75) is 37.2 Å². The van der Waals surface area contributed by atoms with Crippen LogP contribution in [0.1, 0.15) is 28.6 Å². The molecule has 1 aliphatic rings. The van der Waals surface area contributed by atoms with Gasteiger partial charge in [-0.2, -0.15) is 0 Å². The second-order valence-electron chi connectivity index (χ2n) is 6.87. The fraction of sp³-hybridized carbons (Fsp3) is 0.250. The van der Waals surface area contributed by atoms with Gasteiger partial charge in [-0.25, -0.2) is 4.68 Å². The van der Waals surface area contributed by atoms with Gasteiger partial charge in [0.05, 0.1) is 6.04 Å². The molecule has 2 aromatic carbocycles. The summed E-state index contributed by atoms with van der Waals surface area (Å²) in [6, 6.07) is 13.8. The predicted molar refractivity (Wildman–Crippen MR) is 115 cm³/mol. The zero-order valence-electron chi connectivity index (χ0n) is 15.7. The quantitative estimate of drug-likeness (QED) is 0.610. The Bertz CT molecular complexity index is 1030. The van der Waals surface area contributed by atoms with Gasteiger partial charge in [-0.3, -0.25) is 4.79 Å². The van der Waals surface area contributed by atoms with Gasteiger partial charge in [0, 0.05) is 10.2 Å². The predicted octanol–water partition coefficient (Wildman–Crippen LogP) is 4.36. The number of hydrogen-bond acceptors (Lipinski definition) is 5. The number of carbonyl (C=O) groups is 1. The van der Waals surface area contributed by atoms with E-state index in [1.807, 2.05) is 36.7 Å². The van der Waals surface area contributed by atoms with E-state index in [9.17, 15) is 4.79 Å². The van der Waals surface area contributed by atoms with E-state index < -0.39 is 0 Å². The molecule has 2 heterocycles. The van der Waals surface area contributed by atoms with Crippen LogP contribution < -0.4 is 10.7 Å². The van der Waals surface area contributed by atoms with E-state index >= 15 is 0 Å². The van der Waals surface area contributed by atoms with E-state index in [2.05, 4.69) is 68.1 Å². The van der Waals surface area contributed by atoms with Crippen molar-refractivity contribution in [3.8, 4) is 0 Å². The molecule has 0 bridgehead atoms. The Balaban J connectivity index is 1.67. The smallest absolute Gasteiger partial charge is 0.240 e. The second kappa shape index (κ2) is 7.60. The number of aromatic nitrogens is 3. The van der Waals surface area contributed by atoms with Gasteiger partial charge in [0.15, 0.2) is 0 Å². The Hall–Kier alpha value is -2.32. The lowest BCUT2D eigenvalue weighted by molar-refractivity contribution is -0.116. The second-order valence-corrected chi connectivity index (χ2v) is 8.89. The summed E-state index contributed by atoms with van der Waals surface area (Å²) in [7, 11) is 0. The Morgan fingerprint density at radius 1 is 1.14 bits per heavy atom. The largest absolute Gasteiger partial charge is 0.325 e. The first-order valence-corrected chi connectivity index (χ1v) is 10.6. The number of anilines is 1. The van der Waals surface area contributed by atoms with Crippen LogP contribution in [0.25, 0.3) is 0 Å². The summed E-state index contributed by atoms with van der Waals surface area (Å²) in [6.45, 7) is 5.92. The molecule has 4 rings (SSSR count). The lowest BCUT2D eigenvalue weighted by atomic mass is 10.0. The Morgan fingerprint density at radius 3 is 2.61 bits per heavy atom. The van der Waals surface area contributed by atoms with Crippen LogP contribution in [0.3, 0.4) is 0 Å².